The number of rotatable bonds is 7. The van der Waals surface area contributed by atoms with Crippen LogP contribution in [0.4, 0.5) is 5.95 Å². The first-order valence-electron chi connectivity index (χ1n) is 11.8. The number of anilines is 1. The van der Waals surface area contributed by atoms with Crippen LogP contribution in [-0.2, 0) is 10.5 Å². The fourth-order valence-electron chi connectivity index (χ4n) is 4.94. The van der Waals surface area contributed by atoms with Crippen LogP contribution in [0.1, 0.15) is 43.9 Å². The lowest BCUT2D eigenvalue weighted by Crippen LogP contribution is -2.36. The Morgan fingerprint density at radius 2 is 1.75 bits per heavy atom. The van der Waals surface area contributed by atoms with Crippen molar-refractivity contribution in [1.29, 1.82) is 0 Å². The van der Waals surface area contributed by atoms with Crippen LogP contribution >= 0.6 is 11.8 Å². The number of carbonyl (C=O) groups is 1. The number of nitrogens with zero attached hydrogens (tertiary/aromatic N) is 3. The molecule has 1 atom stereocenters. The van der Waals surface area contributed by atoms with E-state index in [1.54, 1.807) is 33.1 Å². The summed E-state index contributed by atoms with van der Waals surface area (Å²) in [5.74, 6) is 3.02. The zero-order chi connectivity index (χ0) is 25.4. The van der Waals surface area contributed by atoms with Crippen LogP contribution in [0.2, 0.25) is 0 Å². The molecule has 0 amide bonds. The molecular weight excluding hydrogens is 476 g/mol. The summed E-state index contributed by atoms with van der Waals surface area (Å²) >= 11 is 1.56. The second-order valence-electron chi connectivity index (χ2n) is 9.76. The molecule has 0 saturated carbocycles. The van der Waals surface area contributed by atoms with Gasteiger partial charge in [0.05, 0.1) is 21.3 Å². The fraction of sp³-hybridized carbons (Fsp3) is 0.370. The zero-order valence-electron chi connectivity index (χ0n) is 21.1. The number of ketones is 1. The second kappa shape index (κ2) is 9.54. The number of benzene rings is 2. The molecule has 1 aromatic heterocycles. The molecule has 0 saturated heterocycles. The Morgan fingerprint density at radius 3 is 2.39 bits per heavy atom. The van der Waals surface area contributed by atoms with Crippen molar-refractivity contribution >= 4 is 23.5 Å². The topological polar surface area (TPSA) is 87.5 Å². The van der Waals surface area contributed by atoms with Gasteiger partial charge in [-0.2, -0.15) is 4.98 Å². The van der Waals surface area contributed by atoms with Crippen LogP contribution in [0.15, 0.2) is 58.9 Å². The van der Waals surface area contributed by atoms with E-state index in [0.29, 0.717) is 40.3 Å². The predicted molar refractivity (Wildman–Crippen MR) is 139 cm³/mol. The van der Waals surface area contributed by atoms with Crippen molar-refractivity contribution in [1.82, 2.24) is 14.8 Å². The summed E-state index contributed by atoms with van der Waals surface area (Å²) in [6.07, 6.45) is 1.21. The Bertz CT molecular complexity index is 1310. The lowest BCUT2D eigenvalue weighted by molar-refractivity contribution is -0.118. The van der Waals surface area contributed by atoms with Crippen LogP contribution in [0, 0.1) is 5.41 Å². The van der Waals surface area contributed by atoms with E-state index >= 15 is 0 Å². The highest BCUT2D eigenvalue weighted by molar-refractivity contribution is 7.98. The summed E-state index contributed by atoms with van der Waals surface area (Å²) in [5, 5.41) is 8.92. The van der Waals surface area contributed by atoms with Gasteiger partial charge in [0, 0.05) is 23.4 Å². The lowest BCUT2D eigenvalue weighted by Gasteiger charge is -2.38. The number of thioether (sulfide) groups is 1. The molecule has 3 aromatic rings. The van der Waals surface area contributed by atoms with Crippen LogP contribution in [0.5, 0.6) is 17.2 Å². The summed E-state index contributed by atoms with van der Waals surface area (Å²) < 4.78 is 18.6. The summed E-state index contributed by atoms with van der Waals surface area (Å²) in [7, 11) is 4.74. The first-order chi connectivity index (χ1) is 17.3. The molecule has 1 aliphatic heterocycles. The van der Waals surface area contributed by atoms with Crippen molar-refractivity contribution in [2.75, 3.05) is 26.6 Å². The smallest absolute Gasteiger partial charge is 0.227 e. The van der Waals surface area contributed by atoms with Gasteiger partial charge in [-0.1, -0.05) is 55.9 Å². The molecule has 0 fully saturated rings. The number of allylic oxidation sites excluding steroid dienone is 2. The van der Waals surface area contributed by atoms with Crippen LogP contribution in [0.25, 0.3) is 0 Å². The van der Waals surface area contributed by atoms with Gasteiger partial charge in [0.25, 0.3) is 0 Å². The van der Waals surface area contributed by atoms with Crippen LogP contribution in [-0.4, -0.2) is 41.9 Å². The minimum absolute atomic E-state index is 0.104. The number of ether oxygens (including phenoxy) is 3. The number of carbonyl (C=O) groups excluding carboxylic acids is 1. The molecule has 8 nitrogen and oxygen atoms in total. The highest BCUT2D eigenvalue weighted by Crippen LogP contribution is 2.48. The Hall–Kier alpha value is -3.46. The Kier molecular flexibility index (Phi) is 6.42. The molecular formula is C27H30N4O4S. The molecule has 1 aliphatic carbocycles. The molecule has 2 heterocycles. The van der Waals surface area contributed by atoms with E-state index in [1.165, 1.54) is 5.56 Å². The first kappa shape index (κ1) is 24.2. The van der Waals surface area contributed by atoms with Crippen molar-refractivity contribution in [2.45, 2.75) is 43.6 Å². The molecule has 9 heteroatoms. The molecule has 0 bridgehead atoms. The van der Waals surface area contributed by atoms with Gasteiger partial charge >= 0.3 is 0 Å². The highest BCUT2D eigenvalue weighted by Gasteiger charge is 2.42. The summed E-state index contributed by atoms with van der Waals surface area (Å²) in [5.41, 5.74) is 3.47. The number of fused-ring (bicyclic) bond motifs is 1. The van der Waals surface area contributed by atoms with E-state index in [1.807, 2.05) is 35.0 Å². The quantitative estimate of drug-likeness (QED) is 0.435. The number of hydrogen-bond donors (Lipinski definition) is 1. The van der Waals surface area contributed by atoms with E-state index in [-0.39, 0.29) is 11.2 Å². The maximum absolute atomic E-state index is 13.5. The minimum Gasteiger partial charge on any atom is -0.493 e. The maximum Gasteiger partial charge on any atom is 0.227 e. The number of methoxy groups -OCH3 is 3. The fourth-order valence-corrected chi connectivity index (χ4v) is 5.72. The largest absolute Gasteiger partial charge is 0.493 e. The summed E-state index contributed by atoms with van der Waals surface area (Å²) in [6.45, 7) is 4.23. The van der Waals surface area contributed by atoms with E-state index in [2.05, 4.69) is 31.3 Å². The normalized spacial score (nSPS) is 18.2. The third-order valence-corrected chi connectivity index (χ3v) is 7.43. The maximum atomic E-state index is 13.5. The molecule has 5 rings (SSSR count). The van der Waals surface area contributed by atoms with Gasteiger partial charge in [0.1, 0.15) is 6.04 Å². The Balaban J connectivity index is 1.61. The molecule has 1 N–H and O–H groups in total. The predicted octanol–water partition coefficient (Wildman–Crippen LogP) is 5.25. The van der Waals surface area contributed by atoms with Crippen LogP contribution < -0.4 is 19.5 Å². The van der Waals surface area contributed by atoms with E-state index in [9.17, 15) is 4.79 Å². The van der Waals surface area contributed by atoms with Gasteiger partial charge in [-0.15, -0.1) is 5.10 Å². The average molecular weight is 507 g/mol. The van der Waals surface area contributed by atoms with E-state index < -0.39 is 6.04 Å². The van der Waals surface area contributed by atoms with Crippen molar-refractivity contribution in [3.8, 4) is 17.2 Å². The summed E-state index contributed by atoms with van der Waals surface area (Å²) in [4.78, 5) is 18.3. The van der Waals surface area contributed by atoms with Gasteiger partial charge < -0.3 is 19.5 Å². The van der Waals surface area contributed by atoms with E-state index in [0.717, 1.165) is 23.4 Å². The summed E-state index contributed by atoms with van der Waals surface area (Å²) in [6, 6.07) is 13.5. The van der Waals surface area contributed by atoms with Crippen molar-refractivity contribution in [3.05, 3.63) is 64.9 Å². The van der Waals surface area contributed by atoms with Crippen LogP contribution in [0.3, 0.4) is 0 Å². The van der Waals surface area contributed by atoms with Gasteiger partial charge in [-0.3, -0.25) is 4.79 Å². The standard InChI is InChI=1S/C27H30N4O4S/c1-27(2)13-18-22(19(32)14-27)23(17-11-20(33-3)24(35-5)21(12-17)34-4)31-25(28-18)29-26(30-31)36-15-16-9-7-6-8-10-16/h6-12,23H,13-15H2,1-5H3,(H,28,29,30)/t23-/m0/s1. The monoisotopic (exact) mass is 506 g/mol. The third kappa shape index (κ3) is 4.43. The molecule has 36 heavy (non-hydrogen) atoms. The van der Waals surface area contributed by atoms with Gasteiger partial charge in [-0.25, -0.2) is 4.68 Å². The van der Waals surface area contributed by atoms with Gasteiger partial charge in [0.2, 0.25) is 16.9 Å². The number of nitrogens with one attached hydrogen (secondary N) is 1. The number of hydrogen-bond acceptors (Lipinski definition) is 8. The molecule has 188 valence electrons. The van der Waals surface area contributed by atoms with E-state index in [4.69, 9.17) is 24.3 Å². The number of aromatic nitrogens is 3. The Labute approximate surface area is 215 Å². The molecule has 2 aliphatic rings. The molecule has 0 spiro atoms. The van der Waals surface area contributed by atoms with Crippen molar-refractivity contribution in [3.63, 3.8) is 0 Å². The molecule has 2 aromatic carbocycles. The van der Waals surface area contributed by atoms with Gasteiger partial charge in [-0.05, 0) is 35.1 Å². The molecule has 0 radical (unpaired) electrons. The Morgan fingerprint density at radius 1 is 1.06 bits per heavy atom. The SMILES string of the molecule is COc1cc([C@H]2C3=C(CC(C)(C)CC3=O)Nc3nc(SCc4ccccc4)nn32)cc(OC)c1OC. The van der Waals surface area contributed by atoms with Crippen molar-refractivity contribution in [2.24, 2.45) is 5.41 Å². The minimum atomic E-state index is -0.466. The second-order valence-corrected chi connectivity index (χ2v) is 10.7. The van der Waals surface area contributed by atoms with Gasteiger partial charge in [0.15, 0.2) is 17.3 Å². The number of Topliss-reactive ketones (excluding diaryl/α,β-unsaturated/α-hetero) is 1. The van der Waals surface area contributed by atoms with Crippen molar-refractivity contribution < 1.29 is 19.0 Å². The zero-order valence-corrected chi connectivity index (χ0v) is 21.9. The lowest BCUT2D eigenvalue weighted by atomic mass is 9.73. The molecule has 0 unspecified atom stereocenters. The third-order valence-electron chi connectivity index (χ3n) is 6.53. The average Bonchev–Trinajstić information content (AvgIpc) is 3.27. The first-order valence-corrected chi connectivity index (χ1v) is 12.8. The highest BCUT2D eigenvalue weighted by atomic mass is 32.2.